The third-order valence-corrected chi connectivity index (χ3v) is 6.44. The molecule has 202 valence electrons. The van der Waals surface area contributed by atoms with E-state index in [2.05, 4.69) is 49.0 Å². The minimum Gasteiger partial charge on any atom is -0.478 e. The molecule has 0 unspecified atom stereocenters. The summed E-state index contributed by atoms with van der Waals surface area (Å²) in [5.41, 5.74) is 3.69. The number of carboxylic acid groups (broad SMARTS) is 1. The Kier molecular flexibility index (Phi) is 9.86. The standard InChI is InChI=1S/C29H30N4O4S2/c1-16(2)18-5-9-20(10-6-18)25(34)32-29(39)31-23-14-13-22(27(35)36)15-24(23)30-28(37)33-26(38)21-11-7-19(8-12-21)17(3)4/h5-17H,1-4H3,(H,35,36)(H2,30,33,37,38)(H2,31,32,34,39). The van der Waals surface area contributed by atoms with Gasteiger partial charge < -0.3 is 15.7 Å². The predicted molar refractivity (Wildman–Crippen MR) is 162 cm³/mol. The van der Waals surface area contributed by atoms with Gasteiger partial charge in [-0.25, -0.2) is 9.59 Å². The zero-order valence-electron chi connectivity index (χ0n) is 22.0. The van der Waals surface area contributed by atoms with Crippen molar-refractivity contribution in [1.29, 1.82) is 0 Å². The van der Waals surface area contributed by atoms with Crippen LogP contribution in [0.3, 0.4) is 0 Å². The van der Waals surface area contributed by atoms with Crippen LogP contribution < -0.4 is 21.3 Å². The van der Waals surface area contributed by atoms with Gasteiger partial charge in [-0.1, -0.05) is 76.3 Å². The predicted octanol–water partition coefficient (Wildman–Crippen LogP) is 6.26. The molecule has 0 fully saturated rings. The van der Waals surface area contributed by atoms with Gasteiger partial charge in [0, 0.05) is 11.1 Å². The first-order valence-electron chi connectivity index (χ1n) is 12.3. The molecule has 0 radical (unpaired) electrons. The summed E-state index contributed by atoms with van der Waals surface area (Å²) in [4.78, 5) is 37.1. The van der Waals surface area contributed by atoms with Crippen LogP contribution in [-0.4, -0.2) is 33.1 Å². The smallest absolute Gasteiger partial charge is 0.335 e. The second-order valence-electron chi connectivity index (χ2n) is 9.44. The van der Waals surface area contributed by atoms with Gasteiger partial charge >= 0.3 is 12.0 Å². The lowest BCUT2D eigenvalue weighted by atomic mass is 10.0. The number of hydrogen-bond donors (Lipinski definition) is 5. The van der Waals surface area contributed by atoms with Crippen LogP contribution in [0, 0.1) is 0 Å². The van der Waals surface area contributed by atoms with Gasteiger partial charge in [0.1, 0.15) is 4.99 Å². The number of benzene rings is 3. The number of amides is 3. The number of anilines is 2. The van der Waals surface area contributed by atoms with Gasteiger partial charge in [0.2, 0.25) is 0 Å². The van der Waals surface area contributed by atoms with E-state index in [0.717, 1.165) is 11.1 Å². The molecule has 0 bridgehead atoms. The molecule has 3 rings (SSSR count). The van der Waals surface area contributed by atoms with E-state index in [0.29, 0.717) is 23.0 Å². The molecule has 5 N–H and O–H groups in total. The van der Waals surface area contributed by atoms with E-state index < -0.39 is 17.9 Å². The summed E-state index contributed by atoms with van der Waals surface area (Å²) in [5, 5.41) is 20.0. The molecule has 0 aliphatic carbocycles. The third-order valence-electron chi connectivity index (χ3n) is 5.90. The average molecular weight is 563 g/mol. The van der Waals surface area contributed by atoms with Crippen LogP contribution in [0.5, 0.6) is 0 Å². The van der Waals surface area contributed by atoms with Gasteiger partial charge in [-0.3, -0.25) is 15.4 Å². The highest BCUT2D eigenvalue weighted by Gasteiger charge is 2.15. The summed E-state index contributed by atoms with van der Waals surface area (Å²) < 4.78 is 0. The maximum atomic E-state index is 12.7. The second kappa shape index (κ2) is 13.1. The van der Waals surface area contributed by atoms with Gasteiger partial charge in [0.05, 0.1) is 16.9 Å². The van der Waals surface area contributed by atoms with Crippen LogP contribution in [0.1, 0.15) is 76.9 Å². The Bertz CT molecular complexity index is 1400. The first kappa shape index (κ1) is 29.4. The Labute approximate surface area is 238 Å². The van der Waals surface area contributed by atoms with Crippen LogP contribution in [-0.2, 0) is 0 Å². The van der Waals surface area contributed by atoms with Gasteiger partial charge in [0.15, 0.2) is 5.11 Å². The lowest BCUT2D eigenvalue weighted by molar-refractivity contribution is 0.0696. The Morgan fingerprint density at radius 3 is 1.69 bits per heavy atom. The summed E-state index contributed by atoms with van der Waals surface area (Å²) in [6, 6.07) is 18.1. The first-order chi connectivity index (χ1) is 18.4. The fraction of sp³-hybridized carbons (Fsp3) is 0.207. The van der Waals surface area contributed by atoms with Crippen molar-refractivity contribution in [3.05, 3.63) is 94.5 Å². The highest BCUT2D eigenvalue weighted by Crippen LogP contribution is 2.24. The zero-order chi connectivity index (χ0) is 28.7. The van der Waals surface area contributed by atoms with E-state index in [1.54, 1.807) is 12.1 Å². The summed E-state index contributed by atoms with van der Waals surface area (Å²) in [6.07, 6.45) is 0. The molecule has 0 aliphatic heterocycles. The molecule has 0 aromatic heterocycles. The zero-order valence-corrected chi connectivity index (χ0v) is 23.6. The van der Waals surface area contributed by atoms with Crippen LogP contribution >= 0.6 is 24.4 Å². The maximum Gasteiger partial charge on any atom is 0.335 e. The Morgan fingerprint density at radius 2 is 1.18 bits per heavy atom. The number of thiocarbonyl (C=S) groups is 2. The third kappa shape index (κ3) is 8.17. The van der Waals surface area contributed by atoms with Gasteiger partial charge in [0.25, 0.3) is 5.91 Å². The molecule has 8 nitrogen and oxygen atoms in total. The lowest BCUT2D eigenvalue weighted by Gasteiger charge is -2.16. The molecule has 3 aromatic carbocycles. The summed E-state index contributed by atoms with van der Waals surface area (Å²) in [7, 11) is 0. The average Bonchev–Trinajstić information content (AvgIpc) is 2.89. The number of rotatable bonds is 7. The van der Waals surface area contributed by atoms with Crippen molar-refractivity contribution >= 4 is 63.8 Å². The minimum atomic E-state index is -1.17. The van der Waals surface area contributed by atoms with Crippen LogP contribution in [0.4, 0.5) is 16.2 Å². The SMILES string of the molecule is CC(C)c1ccc(C(=O)NC(=S)Nc2ccc(C(=O)O)cc2NC(=O)NC(=S)c2ccc(C(C)C)cc2)cc1. The van der Waals surface area contributed by atoms with Gasteiger partial charge in [-0.15, -0.1) is 0 Å². The molecule has 3 amide bonds. The van der Waals surface area contributed by atoms with E-state index in [-0.39, 0.29) is 27.0 Å². The number of hydrogen-bond acceptors (Lipinski definition) is 5. The molecular weight excluding hydrogens is 532 g/mol. The van der Waals surface area contributed by atoms with Crippen molar-refractivity contribution in [3.8, 4) is 0 Å². The maximum absolute atomic E-state index is 12.7. The number of carbonyl (C=O) groups is 3. The normalized spacial score (nSPS) is 10.6. The van der Waals surface area contributed by atoms with E-state index in [1.165, 1.54) is 18.2 Å². The second-order valence-corrected chi connectivity index (χ2v) is 10.3. The van der Waals surface area contributed by atoms with Crippen LogP contribution in [0.2, 0.25) is 0 Å². The van der Waals surface area contributed by atoms with Crippen molar-refractivity contribution in [1.82, 2.24) is 10.6 Å². The molecule has 3 aromatic rings. The van der Waals surface area contributed by atoms with Crippen molar-refractivity contribution < 1.29 is 19.5 Å². The first-order valence-corrected chi connectivity index (χ1v) is 13.1. The summed E-state index contributed by atoms with van der Waals surface area (Å²) >= 11 is 10.6. The Hall–Kier alpha value is -4.15. The van der Waals surface area contributed by atoms with E-state index in [4.69, 9.17) is 24.4 Å². The number of urea groups is 1. The monoisotopic (exact) mass is 562 g/mol. The Morgan fingerprint density at radius 1 is 0.667 bits per heavy atom. The molecular formula is C29H30N4O4S2. The molecule has 0 aliphatic rings. The molecule has 0 atom stereocenters. The van der Waals surface area contributed by atoms with Crippen molar-refractivity contribution in [2.75, 3.05) is 10.6 Å². The van der Waals surface area contributed by atoms with Gasteiger partial charge in [-0.2, -0.15) is 0 Å². The topological polar surface area (TPSA) is 120 Å². The number of aromatic carboxylic acids is 1. The highest BCUT2D eigenvalue weighted by atomic mass is 32.1. The number of carbonyl (C=O) groups excluding carboxylic acids is 2. The van der Waals surface area contributed by atoms with Crippen LogP contribution in [0.25, 0.3) is 0 Å². The molecule has 10 heteroatoms. The van der Waals surface area contributed by atoms with Crippen molar-refractivity contribution in [3.63, 3.8) is 0 Å². The fourth-order valence-electron chi connectivity index (χ4n) is 3.59. The number of nitrogens with one attached hydrogen (secondary N) is 4. The number of carboxylic acids is 1. The van der Waals surface area contributed by atoms with Crippen LogP contribution in [0.15, 0.2) is 66.7 Å². The lowest BCUT2D eigenvalue weighted by Crippen LogP contribution is -2.36. The van der Waals surface area contributed by atoms with E-state index in [1.807, 2.05) is 36.4 Å². The largest absolute Gasteiger partial charge is 0.478 e. The highest BCUT2D eigenvalue weighted by molar-refractivity contribution is 7.81. The molecule has 0 spiro atoms. The van der Waals surface area contributed by atoms with Gasteiger partial charge in [-0.05, 0) is 65.5 Å². The minimum absolute atomic E-state index is 0.0276. The van der Waals surface area contributed by atoms with E-state index >= 15 is 0 Å². The Balaban J connectivity index is 1.70. The fourth-order valence-corrected chi connectivity index (χ4v) is 4.02. The summed E-state index contributed by atoms with van der Waals surface area (Å²) in [6.45, 7) is 8.29. The molecule has 39 heavy (non-hydrogen) atoms. The van der Waals surface area contributed by atoms with E-state index in [9.17, 15) is 19.5 Å². The summed E-state index contributed by atoms with van der Waals surface area (Å²) in [5.74, 6) is -0.892. The van der Waals surface area contributed by atoms with Crippen molar-refractivity contribution in [2.45, 2.75) is 39.5 Å². The molecule has 0 saturated heterocycles. The molecule has 0 heterocycles. The van der Waals surface area contributed by atoms with Crippen molar-refractivity contribution in [2.24, 2.45) is 0 Å². The quantitative estimate of drug-likeness (QED) is 0.216. The molecule has 0 saturated carbocycles.